The summed E-state index contributed by atoms with van der Waals surface area (Å²) < 4.78 is 44.5. The van der Waals surface area contributed by atoms with Crippen molar-refractivity contribution in [3.8, 4) is 5.75 Å². The predicted octanol–water partition coefficient (Wildman–Crippen LogP) is 4.54. The lowest BCUT2D eigenvalue weighted by molar-refractivity contribution is -0.258. The molecule has 1 N–H and O–H groups in total. The van der Waals surface area contributed by atoms with Crippen molar-refractivity contribution in [1.29, 1.82) is 0 Å². The Hall–Kier alpha value is -1.23. The SMILES string of the molecule is CCCOc1ccc(C(C)(O)C(F)(F)F)cc1C(C)(C)C. The van der Waals surface area contributed by atoms with E-state index in [9.17, 15) is 18.3 Å². The summed E-state index contributed by atoms with van der Waals surface area (Å²) in [7, 11) is 0. The quantitative estimate of drug-likeness (QED) is 0.884. The molecule has 1 atom stereocenters. The van der Waals surface area contributed by atoms with Gasteiger partial charge in [-0.25, -0.2) is 0 Å². The van der Waals surface area contributed by atoms with E-state index in [2.05, 4.69) is 0 Å². The minimum atomic E-state index is -4.73. The molecule has 120 valence electrons. The Morgan fingerprint density at radius 2 is 1.67 bits per heavy atom. The van der Waals surface area contributed by atoms with Crippen LogP contribution in [0.5, 0.6) is 5.75 Å². The van der Waals surface area contributed by atoms with Gasteiger partial charge in [-0.15, -0.1) is 0 Å². The first-order chi connectivity index (χ1) is 9.41. The molecule has 5 heteroatoms. The van der Waals surface area contributed by atoms with Crippen molar-refractivity contribution in [2.24, 2.45) is 0 Å². The lowest BCUT2D eigenvalue weighted by atomic mass is 9.83. The highest BCUT2D eigenvalue weighted by molar-refractivity contribution is 5.43. The Kier molecular flexibility index (Phi) is 4.98. The summed E-state index contributed by atoms with van der Waals surface area (Å²) in [5, 5.41) is 9.81. The summed E-state index contributed by atoms with van der Waals surface area (Å²) in [6.07, 6.45) is -3.92. The number of halogens is 3. The van der Waals surface area contributed by atoms with Crippen LogP contribution in [0.4, 0.5) is 13.2 Å². The van der Waals surface area contributed by atoms with Gasteiger partial charge in [-0.2, -0.15) is 13.2 Å². The van der Waals surface area contributed by atoms with Crippen molar-refractivity contribution in [3.63, 3.8) is 0 Å². The molecule has 0 amide bonds. The van der Waals surface area contributed by atoms with Crippen LogP contribution in [-0.2, 0) is 11.0 Å². The van der Waals surface area contributed by atoms with E-state index < -0.39 is 11.8 Å². The Labute approximate surface area is 123 Å². The third kappa shape index (κ3) is 3.90. The molecule has 0 aliphatic heterocycles. The highest BCUT2D eigenvalue weighted by Crippen LogP contribution is 2.41. The summed E-state index contributed by atoms with van der Waals surface area (Å²) in [4.78, 5) is 0. The molecule has 1 aromatic rings. The van der Waals surface area contributed by atoms with Crippen molar-refractivity contribution < 1.29 is 23.0 Å². The second-order valence-corrected chi connectivity index (χ2v) is 6.38. The molecule has 21 heavy (non-hydrogen) atoms. The van der Waals surface area contributed by atoms with Gasteiger partial charge in [0.2, 0.25) is 0 Å². The van der Waals surface area contributed by atoms with Gasteiger partial charge in [0.25, 0.3) is 0 Å². The van der Waals surface area contributed by atoms with Crippen molar-refractivity contribution in [2.45, 2.75) is 58.2 Å². The molecular weight excluding hydrogens is 281 g/mol. The number of aliphatic hydroxyl groups is 1. The Morgan fingerprint density at radius 3 is 2.10 bits per heavy atom. The maximum atomic E-state index is 13.0. The van der Waals surface area contributed by atoms with Crippen LogP contribution in [0.3, 0.4) is 0 Å². The van der Waals surface area contributed by atoms with Gasteiger partial charge in [-0.05, 0) is 42.0 Å². The smallest absolute Gasteiger partial charge is 0.421 e. The van der Waals surface area contributed by atoms with Crippen LogP contribution in [0.1, 0.15) is 52.2 Å². The van der Waals surface area contributed by atoms with E-state index >= 15 is 0 Å². The van der Waals surface area contributed by atoms with E-state index in [1.54, 1.807) is 0 Å². The Balaban J connectivity index is 3.35. The number of ether oxygens (including phenoxy) is 1. The van der Waals surface area contributed by atoms with Gasteiger partial charge in [-0.3, -0.25) is 0 Å². The van der Waals surface area contributed by atoms with Gasteiger partial charge in [0.15, 0.2) is 5.60 Å². The van der Waals surface area contributed by atoms with Gasteiger partial charge < -0.3 is 9.84 Å². The number of benzene rings is 1. The lowest BCUT2D eigenvalue weighted by Crippen LogP contribution is -2.39. The summed E-state index contributed by atoms with van der Waals surface area (Å²) in [6.45, 7) is 8.91. The zero-order valence-electron chi connectivity index (χ0n) is 13.1. The fourth-order valence-corrected chi connectivity index (χ4v) is 1.92. The van der Waals surface area contributed by atoms with E-state index in [0.717, 1.165) is 13.3 Å². The molecule has 0 fully saturated rings. The van der Waals surface area contributed by atoms with E-state index in [0.29, 0.717) is 17.9 Å². The molecule has 0 radical (unpaired) electrons. The van der Waals surface area contributed by atoms with Crippen LogP contribution in [-0.4, -0.2) is 17.9 Å². The van der Waals surface area contributed by atoms with Gasteiger partial charge in [0.1, 0.15) is 5.75 Å². The molecule has 0 saturated carbocycles. The number of rotatable bonds is 4. The second-order valence-electron chi connectivity index (χ2n) is 6.38. The van der Waals surface area contributed by atoms with Gasteiger partial charge in [0, 0.05) is 0 Å². The summed E-state index contributed by atoms with van der Waals surface area (Å²) in [6, 6.07) is 4.16. The molecule has 1 aromatic carbocycles. The zero-order chi connectivity index (χ0) is 16.5. The highest BCUT2D eigenvalue weighted by atomic mass is 19.4. The van der Waals surface area contributed by atoms with Gasteiger partial charge >= 0.3 is 6.18 Å². The minimum absolute atomic E-state index is 0.177. The van der Waals surface area contributed by atoms with Crippen LogP contribution >= 0.6 is 0 Å². The number of alkyl halides is 3. The van der Waals surface area contributed by atoms with Crippen molar-refractivity contribution in [3.05, 3.63) is 29.3 Å². The van der Waals surface area contributed by atoms with Gasteiger partial charge in [0.05, 0.1) is 6.61 Å². The van der Waals surface area contributed by atoms with Crippen LogP contribution < -0.4 is 4.74 Å². The zero-order valence-corrected chi connectivity index (χ0v) is 13.1. The Bertz CT molecular complexity index is 485. The summed E-state index contributed by atoms with van der Waals surface area (Å²) >= 11 is 0. The van der Waals surface area contributed by atoms with E-state index in [4.69, 9.17) is 4.74 Å². The van der Waals surface area contributed by atoms with Crippen LogP contribution in [0, 0.1) is 0 Å². The van der Waals surface area contributed by atoms with Crippen LogP contribution in [0.25, 0.3) is 0 Å². The maximum Gasteiger partial charge on any atom is 0.421 e. The number of hydrogen-bond acceptors (Lipinski definition) is 2. The van der Waals surface area contributed by atoms with Crippen LogP contribution in [0.2, 0.25) is 0 Å². The molecule has 1 unspecified atom stereocenters. The molecular formula is C16H23F3O2. The van der Waals surface area contributed by atoms with Crippen LogP contribution in [0.15, 0.2) is 18.2 Å². The molecule has 0 aliphatic carbocycles. The predicted molar refractivity (Wildman–Crippen MR) is 76.6 cm³/mol. The molecule has 0 aliphatic rings. The first-order valence-electron chi connectivity index (χ1n) is 6.98. The first-order valence-corrected chi connectivity index (χ1v) is 6.98. The fraction of sp³-hybridized carbons (Fsp3) is 0.625. The largest absolute Gasteiger partial charge is 0.493 e. The average molecular weight is 304 g/mol. The van der Waals surface area contributed by atoms with Crippen molar-refractivity contribution in [1.82, 2.24) is 0 Å². The highest BCUT2D eigenvalue weighted by Gasteiger charge is 2.51. The van der Waals surface area contributed by atoms with E-state index in [1.165, 1.54) is 18.2 Å². The summed E-state index contributed by atoms with van der Waals surface area (Å²) in [5.41, 5.74) is -2.79. The number of hydrogen-bond donors (Lipinski definition) is 1. The van der Waals surface area contributed by atoms with E-state index in [-0.39, 0.29) is 11.0 Å². The van der Waals surface area contributed by atoms with E-state index in [1.807, 2.05) is 27.7 Å². The Morgan fingerprint density at radius 1 is 1.10 bits per heavy atom. The molecule has 0 aromatic heterocycles. The minimum Gasteiger partial charge on any atom is -0.493 e. The van der Waals surface area contributed by atoms with Gasteiger partial charge in [-0.1, -0.05) is 33.8 Å². The molecule has 0 bridgehead atoms. The summed E-state index contributed by atoms with van der Waals surface area (Å²) in [5.74, 6) is 0.561. The molecule has 0 saturated heterocycles. The molecule has 1 rings (SSSR count). The van der Waals surface area contributed by atoms with Crippen molar-refractivity contribution >= 4 is 0 Å². The molecule has 0 heterocycles. The molecule has 2 nitrogen and oxygen atoms in total. The second kappa shape index (κ2) is 5.87. The maximum absolute atomic E-state index is 13.0. The monoisotopic (exact) mass is 304 g/mol. The lowest BCUT2D eigenvalue weighted by Gasteiger charge is -2.30. The third-order valence-corrected chi connectivity index (χ3v) is 3.36. The fourth-order valence-electron chi connectivity index (χ4n) is 1.92. The topological polar surface area (TPSA) is 29.5 Å². The molecule has 0 spiro atoms. The average Bonchev–Trinajstić information content (AvgIpc) is 2.33. The van der Waals surface area contributed by atoms with Crippen molar-refractivity contribution in [2.75, 3.05) is 6.61 Å². The standard InChI is InChI=1S/C16H23F3O2/c1-6-9-21-13-8-7-11(10-12(13)14(2,3)4)15(5,20)16(17,18)19/h7-8,10,20H,6,9H2,1-5H3. The third-order valence-electron chi connectivity index (χ3n) is 3.36. The normalized spacial score (nSPS) is 15.7. The first kappa shape index (κ1) is 17.8.